The van der Waals surface area contributed by atoms with Crippen LogP contribution in [0.4, 0.5) is 0 Å². The van der Waals surface area contributed by atoms with E-state index in [1.807, 2.05) is 27.7 Å². The molecule has 0 aromatic heterocycles. The molecule has 1 fully saturated rings. The van der Waals surface area contributed by atoms with Crippen molar-refractivity contribution in [3.8, 4) is 0 Å². The summed E-state index contributed by atoms with van der Waals surface area (Å²) in [5.74, 6) is -0.935. The number of aliphatic hydroxyl groups is 2. The van der Waals surface area contributed by atoms with Crippen molar-refractivity contribution < 1.29 is 29.3 Å². The van der Waals surface area contributed by atoms with Gasteiger partial charge in [0.15, 0.2) is 0 Å². The monoisotopic (exact) mass is 504 g/mol. The Bertz CT molecular complexity index is 882. The van der Waals surface area contributed by atoms with E-state index in [9.17, 15) is 19.8 Å². The maximum Gasteiger partial charge on any atom is 0.333 e. The van der Waals surface area contributed by atoms with Crippen LogP contribution in [-0.4, -0.2) is 46.6 Å². The van der Waals surface area contributed by atoms with E-state index in [1.165, 1.54) is 5.57 Å². The molecule has 6 nitrogen and oxygen atoms in total. The summed E-state index contributed by atoms with van der Waals surface area (Å²) in [4.78, 5) is 25.6. The Labute approximate surface area is 217 Å². The van der Waals surface area contributed by atoms with Crippen molar-refractivity contribution in [1.29, 1.82) is 0 Å². The van der Waals surface area contributed by atoms with Crippen molar-refractivity contribution in [3.63, 3.8) is 0 Å². The van der Waals surface area contributed by atoms with Gasteiger partial charge in [-0.25, -0.2) is 4.79 Å². The quantitative estimate of drug-likeness (QED) is 0.231. The number of carbonyl (C=O) groups excluding carboxylic acids is 2. The Morgan fingerprint density at radius 1 is 1.36 bits per heavy atom. The van der Waals surface area contributed by atoms with Crippen LogP contribution in [0.3, 0.4) is 0 Å². The van der Waals surface area contributed by atoms with Gasteiger partial charge in [-0.15, -0.1) is 6.58 Å². The molecule has 0 aliphatic heterocycles. The Balaban J connectivity index is 2.58. The molecule has 36 heavy (non-hydrogen) atoms. The molecule has 6 heteroatoms. The third-order valence-electron chi connectivity index (χ3n) is 9.10. The molecular weight excluding hydrogens is 456 g/mol. The Hall–Kier alpha value is -1.92. The number of hydrogen-bond donors (Lipinski definition) is 2. The highest BCUT2D eigenvalue weighted by molar-refractivity contribution is 5.87. The van der Waals surface area contributed by atoms with Crippen molar-refractivity contribution in [2.24, 2.45) is 28.6 Å². The van der Waals surface area contributed by atoms with Crippen LogP contribution in [0.2, 0.25) is 0 Å². The minimum Gasteiger partial charge on any atom is -0.465 e. The zero-order chi connectivity index (χ0) is 27.5. The lowest BCUT2D eigenvalue weighted by molar-refractivity contribution is -0.212. The highest BCUT2D eigenvalue weighted by atomic mass is 16.6. The van der Waals surface area contributed by atoms with Crippen LogP contribution in [-0.2, 0) is 19.1 Å². The highest BCUT2D eigenvalue weighted by Crippen LogP contribution is 2.61. The first-order valence-corrected chi connectivity index (χ1v) is 13.4. The van der Waals surface area contributed by atoms with Crippen molar-refractivity contribution in [1.82, 2.24) is 0 Å². The van der Waals surface area contributed by atoms with Gasteiger partial charge < -0.3 is 19.7 Å². The molecular formula is C30H48O6. The summed E-state index contributed by atoms with van der Waals surface area (Å²) < 4.78 is 11.9. The van der Waals surface area contributed by atoms with Gasteiger partial charge in [-0.05, 0) is 77.0 Å². The number of allylic oxidation sites excluding steroid dienone is 3. The van der Waals surface area contributed by atoms with Crippen LogP contribution >= 0.6 is 0 Å². The summed E-state index contributed by atoms with van der Waals surface area (Å²) in [5.41, 5.74) is -0.533. The zero-order valence-electron chi connectivity index (χ0n) is 23.6. The fourth-order valence-electron chi connectivity index (χ4n) is 6.16. The lowest BCUT2D eigenvalue weighted by atomic mass is 9.46. The summed E-state index contributed by atoms with van der Waals surface area (Å²) in [6.45, 7) is 19.1. The van der Waals surface area contributed by atoms with Crippen molar-refractivity contribution in [3.05, 3.63) is 36.0 Å². The van der Waals surface area contributed by atoms with E-state index < -0.39 is 34.6 Å². The van der Waals surface area contributed by atoms with Gasteiger partial charge in [-0.1, -0.05) is 51.5 Å². The smallest absolute Gasteiger partial charge is 0.333 e. The summed E-state index contributed by atoms with van der Waals surface area (Å²) >= 11 is 0. The molecule has 7 atom stereocenters. The third kappa shape index (κ3) is 6.13. The van der Waals surface area contributed by atoms with Crippen LogP contribution < -0.4 is 0 Å². The summed E-state index contributed by atoms with van der Waals surface area (Å²) in [6, 6.07) is 0. The van der Waals surface area contributed by atoms with Crippen molar-refractivity contribution in [2.75, 3.05) is 6.61 Å². The fourth-order valence-corrected chi connectivity index (χ4v) is 6.16. The van der Waals surface area contributed by atoms with Crippen molar-refractivity contribution >= 4 is 11.9 Å². The Morgan fingerprint density at radius 2 is 2.00 bits per heavy atom. The number of ether oxygens (including phenoxy) is 2. The topological polar surface area (TPSA) is 93.1 Å². The molecule has 2 rings (SSSR count). The molecule has 204 valence electrons. The highest BCUT2D eigenvalue weighted by Gasteiger charge is 2.62. The van der Waals surface area contributed by atoms with Gasteiger partial charge in [0.25, 0.3) is 0 Å². The lowest BCUT2D eigenvalue weighted by Gasteiger charge is -2.61. The lowest BCUT2D eigenvalue weighted by Crippen LogP contribution is -2.63. The zero-order valence-corrected chi connectivity index (χ0v) is 23.6. The average Bonchev–Trinajstić information content (AvgIpc) is 2.83. The first-order chi connectivity index (χ1) is 16.7. The number of fused-ring (bicyclic) bond motifs is 1. The van der Waals surface area contributed by atoms with Crippen LogP contribution in [0.15, 0.2) is 36.0 Å². The van der Waals surface area contributed by atoms with Gasteiger partial charge in [0.05, 0.1) is 24.2 Å². The molecule has 2 aliphatic carbocycles. The molecule has 0 amide bonds. The Kier molecular flexibility index (Phi) is 9.80. The van der Waals surface area contributed by atoms with Gasteiger partial charge in [-0.2, -0.15) is 0 Å². The molecule has 0 unspecified atom stereocenters. The number of carbonyl (C=O) groups is 2. The van der Waals surface area contributed by atoms with Crippen LogP contribution in [0.1, 0.15) is 87.5 Å². The summed E-state index contributed by atoms with van der Waals surface area (Å²) in [7, 11) is 0. The van der Waals surface area contributed by atoms with E-state index in [0.29, 0.717) is 31.3 Å². The second-order valence-electron chi connectivity index (χ2n) is 11.9. The molecule has 0 aromatic rings. The minimum atomic E-state index is -1.03. The number of esters is 2. The standard InChI is InChI=1S/C30H48O6/c1-10-19(4)26(32)35-18-30-17-23(36-27(33)20(5)11-2)25(31)28(7,8)24(30)14-13-21(6)22(30)15-16-29(9,34)12-3/h11-13,19,22-25,31,34H,3,10,14-18H2,1-2,4-9H3/b20-11-/t19-,22+,23-,24+,25-,29+,30+/m1/s1. The van der Waals surface area contributed by atoms with E-state index >= 15 is 0 Å². The van der Waals surface area contributed by atoms with Gasteiger partial charge in [0.2, 0.25) is 0 Å². The molecule has 0 bridgehead atoms. The molecule has 0 heterocycles. The predicted molar refractivity (Wildman–Crippen MR) is 142 cm³/mol. The fraction of sp³-hybridized carbons (Fsp3) is 0.733. The SMILES string of the molecule is C=C[C@](C)(O)CC[C@H]1C(C)=CC[C@H]2C(C)(C)[C@H](O)[C@H](OC(=O)/C(C)=C\C)C[C@]12COC(=O)[C@H](C)CC. The van der Waals surface area contributed by atoms with Gasteiger partial charge in [-0.3, -0.25) is 4.79 Å². The summed E-state index contributed by atoms with van der Waals surface area (Å²) in [5, 5.41) is 22.1. The number of aliphatic hydroxyl groups excluding tert-OH is 1. The van der Waals surface area contributed by atoms with Gasteiger partial charge in [0, 0.05) is 11.0 Å². The minimum absolute atomic E-state index is 0.00937. The van der Waals surface area contributed by atoms with E-state index in [-0.39, 0.29) is 30.3 Å². The second-order valence-corrected chi connectivity index (χ2v) is 11.9. The van der Waals surface area contributed by atoms with Crippen LogP contribution in [0.5, 0.6) is 0 Å². The van der Waals surface area contributed by atoms with E-state index in [1.54, 1.807) is 32.9 Å². The van der Waals surface area contributed by atoms with Gasteiger partial charge in [0.1, 0.15) is 6.10 Å². The van der Waals surface area contributed by atoms with E-state index in [0.717, 1.165) is 6.42 Å². The molecule has 2 aliphatic rings. The molecule has 1 saturated carbocycles. The van der Waals surface area contributed by atoms with E-state index in [2.05, 4.69) is 19.6 Å². The summed E-state index contributed by atoms with van der Waals surface area (Å²) in [6.07, 6.45) is 6.82. The number of hydrogen-bond acceptors (Lipinski definition) is 6. The maximum atomic E-state index is 12.8. The molecule has 0 saturated heterocycles. The van der Waals surface area contributed by atoms with Crippen molar-refractivity contribution in [2.45, 2.75) is 105 Å². The maximum absolute atomic E-state index is 12.8. The number of rotatable bonds is 10. The van der Waals surface area contributed by atoms with E-state index in [4.69, 9.17) is 9.47 Å². The normalized spacial score (nSPS) is 32.4. The molecule has 0 aromatic carbocycles. The molecule has 0 radical (unpaired) electrons. The third-order valence-corrected chi connectivity index (χ3v) is 9.10. The molecule has 0 spiro atoms. The Morgan fingerprint density at radius 3 is 2.56 bits per heavy atom. The second kappa shape index (κ2) is 11.6. The van der Waals surface area contributed by atoms with Gasteiger partial charge >= 0.3 is 11.9 Å². The first-order valence-electron chi connectivity index (χ1n) is 13.4. The van der Waals surface area contributed by atoms with Crippen LogP contribution in [0, 0.1) is 28.6 Å². The largest absolute Gasteiger partial charge is 0.465 e. The molecule has 2 N–H and O–H groups in total. The average molecular weight is 505 g/mol. The predicted octanol–water partition coefficient (Wildman–Crippen LogP) is 5.53. The van der Waals surface area contributed by atoms with Crippen LogP contribution in [0.25, 0.3) is 0 Å². The first kappa shape index (κ1) is 30.3.